The molecule has 0 atom stereocenters. The van der Waals surface area contributed by atoms with E-state index in [0.717, 1.165) is 17.2 Å². The molecule has 0 fully saturated rings. The summed E-state index contributed by atoms with van der Waals surface area (Å²) in [6.07, 6.45) is 4.21. The van der Waals surface area contributed by atoms with Crippen LogP contribution in [0.25, 0.3) is 17.5 Å². The SMILES string of the molecule is Cc1nc(-c2ccccc2)n(C/C=C/c2ccccc2)n1. The highest BCUT2D eigenvalue weighted by Crippen LogP contribution is 2.16. The smallest absolute Gasteiger partial charge is 0.158 e. The summed E-state index contributed by atoms with van der Waals surface area (Å²) in [7, 11) is 0. The van der Waals surface area contributed by atoms with Crippen LogP contribution in [0.4, 0.5) is 0 Å². The van der Waals surface area contributed by atoms with Gasteiger partial charge in [0.15, 0.2) is 5.82 Å². The van der Waals surface area contributed by atoms with Crippen molar-refractivity contribution in [1.82, 2.24) is 14.8 Å². The fourth-order valence-electron chi connectivity index (χ4n) is 2.24. The number of nitrogens with zero attached hydrogens (tertiary/aromatic N) is 3. The van der Waals surface area contributed by atoms with Crippen molar-refractivity contribution in [3.63, 3.8) is 0 Å². The van der Waals surface area contributed by atoms with Gasteiger partial charge in [0.25, 0.3) is 0 Å². The second-order valence-electron chi connectivity index (χ2n) is 4.84. The zero-order chi connectivity index (χ0) is 14.5. The van der Waals surface area contributed by atoms with Crippen LogP contribution in [0.2, 0.25) is 0 Å². The molecule has 2 aromatic carbocycles. The Bertz CT molecular complexity index is 728. The van der Waals surface area contributed by atoms with E-state index in [0.29, 0.717) is 6.54 Å². The maximum atomic E-state index is 4.52. The zero-order valence-corrected chi connectivity index (χ0v) is 12.0. The van der Waals surface area contributed by atoms with Gasteiger partial charge in [-0.15, -0.1) is 0 Å². The van der Waals surface area contributed by atoms with Crippen LogP contribution in [0.1, 0.15) is 11.4 Å². The minimum atomic E-state index is 0.708. The number of hydrogen-bond donors (Lipinski definition) is 0. The van der Waals surface area contributed by atoms with Crippen molar-refractivity contribution in [1.29, 1.82) is 0 Å². The van der Waals surface area contributed by atoms with Crippen LogP contribution >= 0.6 is 0 Å². The van der Waals surface area contributed by atoms with Gasteiger partial charge in [-0.3, -0.25) is 0 Å². The summed E-state index contributed by atoms with van der Waals surface area (Å²) in [6, 6.07) is 20.4. The van der Waals surface area contributed by atoms with E-state index >= 15 is 0 Å². The van der Waals surface area contributed by atoms with Crippen LogP contribution in [0.3, 0.4) is 0 Å². The number of aromatic nitrogens is 3. The molecule has 1 heterocycles. The van der Waals surface area contributed by atoms with Crippen molar-refractivity contribution in [2.75, 3.05) is 0 Å². The van der Waals surface area contributed by atoms with Crippen molar-refractivity contribution < 1.29 is 0 Å². The van der Waals surface area contributed by atoms with E-state index in [-0.39, 0.29) is 0 Å². The summed E-state index contributed by atoms with van der Waals surface area (Å²) in [4.78, 5) is 4.52. The Labute approximate surface area is 124 Å². The molecular formula is C18H17N3. The molecule has 3 nitrogen and oxygen atoms in total. The first kappa shape index (κ1) is 13.3. The van der Waals surface area contributed by atoms with Crippen LogP contribution in [0.5, 0.6) is 0 Å². The largest absolute Gasteiger partial charge is 0.242 e. The van der Waals surface area contributed by atoms with Gasteiger partial charge in [0.2, 0.25) is 0 Å². The van der Waals surface area contributed by atoms with Crippen LogP contribution in [0.15, 0.2) is 66.7 Å². The summed E-state index contributed by atoms with van der Waals surface area (Å²) >= 11 is 0. The van der Waals surface area contributed by atoms with Crippen LogP contribution < -0.4 is 0 Å². The third kappa shape index (κ3) is 3.26. The number of allylic oxidation sites excluding steroid dienone is 1. The normalized spacial score (nSPS) is 11.1. The fraction of sp³-hybridized carbons (Fsp3) is 0.111. The molecule has 3 aromatic rings. The molecule has 0 aliphatic carbocycles. The standard InChI is InChI=1S/C18H17N3/c1-15-19-18(17-12-6-3-7-13-17)21(20-15)14-8-11-16-9-4-2-5-10-16/h2-13H,14H2,1H3/b11-8+. The monoisotopic (exact) mass is 275 g/mol. The quantitative estimate of drug-likeness (QED) is 0.721. The van der Waals surface area contributed by atoms with E-state index in [4.69, 9.17) is 0 Å². The van der Waals surface area contributed by atoms with Gasteiger partial charge in [-0.25, -0.2) is 9.67 Å². The van der Waals surface area contributed by atoms with Gasteiger partial charge in [0.1, 0.15) is 5.82 Å². The summed E-state index contributed by atoms with van der Waals surface area (Å²) in [6.45, 7) is 2.63. The van der Waals surface area contributed by atoms with Gasteiger partial charge >= 0.3 is 0 Å². The van der Waals surface area contributed by atoms with Gasteiger partial charge in [0.05, 0.1) is 6.54 Å². The lowest BCUT2D eigenvalue weighted by molar-refractivity contribution is 0.702. The predicted molar refractivity (Wildman–Crippen MR) is 85.7 cm³/mol. The second-order valence-corrected chi connectivity index (χ2v) is 4.84. The summed E-state index contributed by atoms with van der Waals surface area (Å²) in [5, 5.41) is 4.47. The molecule has 0 radical (unpaired) electrons. The van der Waals surface area contributed by atoms with E-state index < -0.39 is 0 Å². The Morgan fingerprint density at radius 3 is 2.33 bits per heavy atom. The fourth-order valence-corrected chi connectivity index (χ4v) is 2.24. The lowest BCUT2D eigenvalue weighted by Crippen LogP contribution is -2.00. The van der Waals surface area contributed by atoms with Gasteiger partial charge in [-0.05, 0) is 12.5 Å². The molecule has 0 aliphatic heterocycles. The molecule has 0 unspecified atom stereocenters. The Morgan fingerprint density at radius 1 is 0.952 bits per heavy atom. The molecule has 0 saturated carbocycles. The molecule has 0 saturated heterocycles. The summed E-state index contributed by atoms with van der Waals surface area (Å²) in [5.74, 6) is 1.70. The molecule has 104 valence electrons. The van der Waals surface area contributed by atoms with Crippen molar-refractivity contribution in [2.45, 2.75) is 13.5 Å². The molecule has 0 spiro atoms. The Morgan fingerprint density at radius 2 is 1.62 bits per heavy atom. The summed E-state index contributed by atoms with van der Waals surface area (Å²) in [5.41, 5.74) is 2.28. The molecular weight excluding hydrogens is 258 g/mol. The number of aryl methyl sites for hydroxylation is 1. The van der Waals surface area contributed by atoms with Gasteiger partial charge in [-0.1, -0.05) is 72.8 Å². The van der Waals surface area contributed by atoms with Crippen LogP contribution in [-0.4, -0.2) is 14.8 Å². The Hall–Kier alpha value is -2.68. The van der Waals surface area contributed by atoms with Crippen molar-refractivity contribution in [3.05, 3.63) is 78.1 Å². The van der Waals surface area contributed by atoms with Gasteiger partial charge in [-0.2, -0.15) is 5.10 Å². The first-order valence-corrected chi connectivity index (χ1v) is 7.01. The van der Waals surface area contributed by atoms with Crippen LogP contribution in [-0.2, 0) is 6.54 Å². The topological polar surface area (TPSA) is 30.7 Å². The maximum absolute atomic E-state index is 4.52. The number of hydrogen-bond acceptors (Lipinski definition) is 2. The molecule has 0 N–H and O–H groups in total. The van der Waals surface area contributed by atoms with Gasteiger partial charge in [0, 0.05) is 5.56 Å². The molecule has 0 bridgehead atoms. The Balaban J connectivity index is 1.82. The van der Waals surface area contributed by atoms with E-state index in [1.54, 1.807) is 0 Å². The summed E-state index contributed by atoms with van der Waals surface area (Å²) < 4.78 is 1.93. The first-order valence-electron chi connectivity index (χ1n) is 7.01. The third-order valence-corrected chi connectivity index (χ3v) is 3.20. The van der Waals surface area contributed by atoms with E-state index in [2.05, 4.69) is 46.5 Å². The van der Waals surface area contributed by atoms with Gasteiger partial charge < -0.3 is 0 Å². The highest BCUT2D eigenvalue weighted by atomic mass is 15.3. The average Bonchev–Trinajstić information content (AvgIpc) is 2.90. The highest BCUT2D eigenvalue weighted by molar-refractivity contribution is 5.55. The molecule has 21 heavy (non-hydrogen) atoms. The average molecular weight is 275 g/mol. The molecule has 0 amide bonds. The molecule has 3 heteroatoms. The minimum absolute atomic E-state index is 0.708. The predicted octanol–water partition coefficient (Wildman–Crippen LogP) is 3.97. The molecule has 0 aliphatic rings. The van der Waals surface area contributed by atoms with Crippen LogP contribution in [0, 0.1) is 6.92 Å². The van der Waals surface area contributed by atoms with Crippen molar-refractivity contribution >= 4 is 6.08 Å². The van der Waals surface area contributed by atoms with E-state index in [9.17, 15) is 0 Å². The zero-order valence-electron chi connectivity index (χ0n) is 12.0. The lowest BCUT2D eigenvalue weighted by atomic mass is 10.2. The first-order chi connectivity index (χ1) is 10.3. The Kier molecular flexibility index (Phi) is 3.92. The third-order valence-electron chi connectivity index (χ3n) is 3.20. The second kappa shape index (κ2) is 6.18. The lowest BCUT2D eigenvalue weighted by Gasteiger charge is -2.02. The number of benzene rings is 2. The minimum Gasteiger partial charge on any atom is -0.242 e. The maximum Gasteiger partial charge on any atom is 0.158 e. The molecule has 3 rings (SSSR count). The highest BCUT2D eigenvalue weighted by Gasteiger charge is 2.07. The van der Waals surface area contributed by atoms with Crippen molar-refractivity contribution in [3.8, 4) is 11.4 Å². The van der Waals surface area contributed by atoms with E-state index in [1.165, 1.54) is 5.56 Å². The molecule has 1 aromatic heterocycles. The number of rotatable bonds is 4. The van der Waals surface area contributed by atoms with Crippen molar-refractivity contribution in [2.24, 2.45) is 0 Å². The van der Waals surface area contributed by atoms with E-state index in [1.807, 2.05) is 48.0 Å².